The molecule has 0 spiro atoms. The minimum Gasteiger partial charge on any atom is -0.487 e. The van der Waals surface area contributed by atoms with Crippen LogP contribution in [0.5, 0.6) is 5.75 Å². The molecule has 92 valence electrons. The summed E-state index contributed by atoms with van der Waals surface area (Å²) in [4.78, 5) is 15.3. The fourth-order valence-corrected chi connectivity index (χ4v) is 2.11. The maximum absolute atomic E-state index is 11.3. The average Bonchev–Trinajstić information content (AvgIpc) is 2.76. The highest BCUT2D eigenvalue weighted by Crippen LogP contribution is 2.20. The van der Waals surface area contributed by atoms with E-state index < -0.39 is 0 Å². The van der Waals surface area contributed by atoms with Crippen molar-refractivity contribution in [3.63, 3.8) is 0 Å². The summed E-state index contributed by atoms with van der Waals surface area (Å²) in [5.74, 6) is 0.445. The molecular formula is C11H13BrN2O3. The molecule has 1 aliphatic rings. The Morgan fingerprint density at radius 2 is 2.41 bits per heavy atom. The first-order valence-corrected chi connectivity index (χ1v) is 6.07. The van der Waals surface area contributed by atoms with Crippen molar-refractivity contribution >= 4 is 21.9 Å². The van der Waals surface area contributed by atoms with Crippen molar-refractivity contribution in [2.24, 2.45) is 0 Å². The lowest BCUT2D eigenvalue weighted by molar-refractivity contribution is -0.142. The zero-order chi connectivity index (χ0) is 12.3. The number of methoxy groups -OCH3 is 1. The van der Waals surface area contributed by atoms with E-state index >= 15 is 0 Å². The fourth-order valence-electron chi connectivity index (χ4n) is 1.76. The molecule has 2 atom stereocenters. The fraction of sp³-hybridized carbons (Fsp3) is 0.455. The van der Waals surface area contributed by atoms with Gasteiger partial charge in [-0.2, -0.15) is 0 Å². The third kappa shape index (κ3) is 3.17. The predicted molar refractivity (Wildman–Crippen MR) is 64.8 cm³/mol. The molecule has 0 aromatic carbocycles. The maximum Gasteiger partial charge on any atom is 0.323 e. The summed E-state index contributed by atoms with van der Waals surface area (Å²) in [6.07, 6.45) is 3.92. The van der Waals surface area contributed by atoms with E-state index in [1.54, 1.807) is 12.4 Å². The van der Waals surface area contributed by atoms with Gasteiger partial charge in [0, 0.05) is 23.6 Å². The van der Waals surface area contributed by atoms with Gasteiger partial charge in [-0.15, -0.1) is 0 Å². The van der Waals surface area contributed by atoms with Crippen molar-refractivity contribution < 1.29 is 14.3 Å². The number of pyridine rings is 1. The standard InChI is InChI=1S/C11H13BrN2O3/c1-16-11(15)10-3-9(6-14-10)17-8-2-7(12)4-13-5-8/h2,4-5,9-10,14H,3,6H2,1H3/t9-,10+/m1/s1. The van der Waals surface area contributed by atoms with Crippen LogP contribution in [-0.4, -0.2) is 36.8 Å². The van der Waals surface area contributed by atoms with Crippen LogP contribution in [0.3, 0.4) is 0 Å². The monoisotopic (exact) mass is 300 g/mol. The van der Waals surface area contributed by atoms with Gasteiger partial charge in [0.15, 0.2) is 0 Å². The van der Waals surface area contributed by atoms with Gasteiger partial charge in [0.05, 0.1) is 13.3 Å². The SMILES string of the molecule is COC(=O)[C@@H]1C[C@@H](Oc2cncc(Br)c2)CN1. The summed E-state index contributed by atoms with van der Waals surface area (Å²) >= 11 is 3.33. The van der Waals surface area contributed by atoms with E-state index in [0.717, 1.165) is 4.47 Å². The smallest absolute Gasteiger partial charge is 0.323 e. The summed E-state index contributed by atoms with van der Waals surface area (Å²) in [5.41, 5.74) is 0. The first kappa shape index (κ1) is 12.3. The molecule has 1 aliphatic heterocycles. The molecule has 2 rings (SSSR count). The summed E-state index contributed by atoms with van der Waals surface area (Å²) in [6.45, 7) is 0.631. The van der Waals surface area contributed by atoms with Gasteiger partial charge in [0.25, 0.3) is 0 Å². The summed E-state index contributed by atoms with van der Waals surface area (Å²) < 4.78 is 11.3. The lowest BCUT2D eigenvalue weighted by Gasteiger charge is -2.12. The van der Waals surface area contributed by atoms with Crippen molar-refractivity contribution in [1.29, 1.82) is 0 Å². The molecule has 0 unspecified atom stereocenters. The summed E-state index contributed by atoms with van der Waals surface area (Å²) in [6, 6.07) is 1.57. The third-order valence-electron chi connectivity index (χ3n) is 2.56. The molecule has 0 bridgehead atoms. The molecule has 0 aliphatic carbocycles. The van der Waals surface area contributed by atoms with E-state index in [1.165, 1.54) is 7.11 Å². The van der Waals surface area contributed by atoms with Crippen LogP contribution in [-0.2, 0) is 9.53 Å². The van der Waals surface area contributed by atoms with E-state index in [9.17, 15) is 4.79 Å². The second kappa shape index (κ2) is 5.46. The van der Waals surface area contributed by atoms with Gasteiger partial charge in [0.1, 0.15) is 17.9 Å². The van der Waals surface area contributed by atoms with Crippen LogP contribution in [0, 0.1) is 0 Å². The Labute approximate surface area is 108 Å². The Morgan fingerprint density at radius 3 is 3.12 bits per heavy atom. The number of carbonyl (C=O) groups is 1. The van der Waals surface area contributed by atoms with Gasteiger partial charge in [-0.25, -0.2) is 0 Å². The van der Waals surface area contributed by atoms with Crippen molar-refractivity contribution in [2.45, 2.75) is 18.6 Å². The second-order valence-electron chi connectivity index (χ2n) is 3.80. The van der Waals surface area contributed by atoms with E-state index in [2.05, 4.69) is 31.0 Å². The van der Waals surface area contributed by atoms with E-state index in [4.69, 9.17) is 4.74 Å². The topological polar surface area (TPSA) is 60.5 Å². The van der Waals surface area contributed by atoms with Crippen molar-refractivity contribution in [1.82, 2.24) is 10.3 Å². The predicted octanol–water partition coefficient (Wildman–Crippen LogP) is 1.13. The molecule has 1 saturated heterocycles. The number of esters is 1. The van der Waals surface area contributed by atoms with Gasteiger partial charge in [0.2, 0.25) is 0 Å². The van der Waals surface area contributed by atoms with Gasteiger partial charge >= 0.3 is 5.97 Å². The highest BCUT2D eigenvalue weighted by molar-refractivity contribution is 9.10. The van der Waals surface area contributed by atoms with E-state index in [-0.39, 0.29) is 18.1 Å². The number of rotatable bonds is 3. The number of carbonyl (C=O) groups excluding carboxylic acids is 1. The molecule has 1 N–H and O–H groups in total. The number of halogens is 1. The Morgan fingerprint density at radius 1 is 1.59 bits per heavy atom. The molecular weight excluding hydrogens is 288 g/mol. The number of nitrogens with zero attached hydrogens (tertiary/aromatic N) is 1. The number of aromatic nitrogens is 1. The average molecular weight is 301 g/mol. The first-order chi connectivity index (χ1) is 8.19. The Kier molecular flexibility index (Phi) is 3.96. The number of ether oxygens (including phenoxy) is 2. The summed E-state index contributed by atoms with van der Waals surface area (Å²) in [7, 11) is 1.39. The van der Waals surface area contributed by atoms with Crippen LogP contribution >= 0.6 is 15.9 Å². The Balaban J connectivity index is 1.92. The summed E-state index contributed by atoms with van der Waals surface area (Å²) in [5, 5.41) is 3.06. The molecule has 1 fully saturated rings. The van der Waals surface area contributed by atoms with E-state index in [0.29, 0.717) is 18.7 Å². The van der Waals surface area contributed by atoms with Gasteiger partial charge in [-0.3, -0.25) is 9.78 Å². The lowest BCUT2D eigenvalue weighted by atomic mass is 10.2. The van der Waals surface area contributed by atoms with Crippen LogP contribution in [0.1, 0.15) is 6.42 Å². The quantitative estimate of drug-likeness (QED) is 0.848. The first-order valence-electron chi connectivity index (χ1n) is 5.27. The van der Waals surface area contributed by atoms with Gasteiger partial charge in [-0.1, -0.05) is 0 Å². The van der Waals surface area contributed by atoms with Crippen LogP contribution in [0.2, 0.25) is 0 Å². The highest BCUT2D eigenvalue weighted by atomic mass is 79.9. The largest absolute Gasteiger partial charge is 0.487 e. The Bertz CT molecular complexity index is 413. The molecule has 17 heavy (non-hydrogen) atoms. The van der Waals surface area contributed by atoms with Crippen LogP contribution in [0.15, 0.2) is 22.9 Å². The number of hydrogen-bond acceptors (Lipinski definition) is 5. The van der Waals surface area contributed by atoms with Crippen LogP contribution < -0.4 is 10.1 Å². The second-order valence-corrected chi connectivity index (χ2v) is 4.71. The number of hydrogen-bond donors (Lipinski definition) is 1. The van der Waals surface area contributed by atoms with Crippen LogP contribution in [0.25, 0.3) is 0 Å². The molecule has 1 aromatic heterocycles. The van der Waals surface area contributed by atoms with Crippen molar-refractivity contribution in [3.8, 4) is 5.75 Å². The molecule has 1 aromatic rings. The van der Waals surface area contributed by atoms with Crippen molar-refractivity contribution in [3.05, 3.63) is 22.9 Å². The minimum absolute atomic E-state index is 0.0322. The highest BCUT2D eigenvalue weighted by Gasteiger charge is 2.31. The van der Waals surface area contributed by atoms with E-state index in [1.807, 2.05) is 6.07 Å². The minimum atomic E-state index is -0.273. The Hall–Kier alpha value is -1.14. The zero-order valence-corrected chi connectivity index (χ0v) is 10.9. The lowest BCUT2D eigenvalue weighted by Crippen LogP contribution is -2.31. The third-order valence-corrected chi connectivity index (χ3v) is 2.99. The molecule has 5 nitrogen and oxygen atoms in total. The maximum atomic E-state index is 11.3. The van der Waals surface area contributed by atoms with Crippen LogP contribution in [0.4, 0.5) is 0 Å². The van der Waals surface area contributed by atoms with Gasteiger partial charge in [-0.05, 0) is 22.0 Å². The molecule has 2 heterocycles. The van der Waals surface area contributed by atoms with Crippen molar-refractivity contribution in [2.75, 3.05) is 13.7 Å². The molecule has 0 radical (unpaired) electrons. The molecule has 0 saturated carbocycles. The number of nitrogens with one attached hydrogen (secondary N) is 1. The molecule has 0 amide bonds. The van der Waals surface area contributed by atoms with Gasteiger partial charge < -0.3 is 14.8 Å². The molecule has 6 heteroatoms. The zero-order valence-electron chi connectivity index (χ0n) is 9.35. The normalized spacial score (nSPS) is 23.4.